The molecule has 1 amide bonds. The smallest absolute Gasteiger partial charge is 0.307 e. The number of amides is 1. The van der Waals surface area contributed by atoms with Gasteiger partial charge in [-0.3, -0.25) is 9.59 Å². The van der Waals surface area contributed by atoms with Crippen molar-refractivity contribution in [3.05, 3.63) is 29.3 Å². The summed E-state index contributed by atoms with van der Waals surface area (Å²) in [4.78, 5) is 24.0. The molecule has 4 nitrogen and oxygen atoms in total. The molecule has 120 valence electrons. The molecule has 4 heteroatoms. The van der Waals surface area contributed by atoms with E-state index in [1.165, 1.54) is 0 Å². The SMILES string of the molecule is CCc1cccc(CC)c1NC(=O)C1CCCCC1C(=O)O. The Bertz CT molecular complexity index is 531. The van der Waals surface area contributed by atoms with Gasteiger partial charge in [-0.05, 0) is 36.8 Å². The quantitative estimate of drug-likeness (QED) is 0.872. The van der Waals surface area contributed by atoms with Crippen molar-refractivity contribution in [3.8, 4) is 0 Å². The number of carboxylic acids is 1. The van der Waals surface area contributed by atoms with Crippen LogP contribution in [-0.4, -0.2) is 17.0 Å². The number of aliphatic carboxylic acids is 1. The Balaban J connectivity index is 2.22. The summed E-state index contributed by atoms with van der Waals surface area (Å²) in [6.07, 6.45) is 4.78. The van der Waals surface area contributed by atoms with E-state index in [-0.39, 0.29) is 5.91 Å². The fourth-order valence-electron chi connectivity index (χ4n) is 3.36. The van der Waals surface area contributed by atoms with Gasteiger partial charge < -0.3 is 10.4 Å². The molecule has 0 heterocycles. The van der Waals surface area contributed by atoms with Crippen molar-refractivity contribution in [1.82, 2.24) is 0 Å². The van der Waals surface area contributed by atoms with Crippen LogP contribution in [0.25, 0.3) is 0 Å². The lowest BCUT2D eigenvalue weighted by Crippen LogP contribution is -2.36. The zero-order valence-corrected chi connectivity index (χ0v) is 13.4. The van der Waals surface area contributed by atoms with Gasteiger partial charge in [-0.15, -0.1) is 0 Å². The summed E-state index contributed by atoms with van der Waals surface area (Å²) in [6.45, 7) is 4.12. The molecule has 22 heavy (non-hydrogen) atoms. The Morgan fingerprint density at radius 2 is 1.64 bits per heavy atom. The van der Waals surface area contributed by atoms with E-state index < -0.39 is 17.8 Å². The number of carbonyl (C=O) groups is 2. The van der Waals surface area contributed by atoms with Gasteiger partial charge in [-0.25, -0.2) is 0 Å². The summed E-state index contributed by atoms with van der Waals surface area (Å²) in [5.41, 5.74) is 3.10. The third kappa shape index (κ3) is 3.49. The average Bonchev–Trinajstić information content (AvgIpc) is 2.54. The minimum Gasteiger partial charge on any atom is -0.481 e. The van der Waals surface area contributed by atoms with E-state index in [1.807, 2.05) is 18.2 Å². The van der Waals surface area contributed by atoms with Crippen molar-refractivity contribution in [1.29, 1.82) is 0 Å². The maximum Gasteiger partial charge on any atom is 0.307 e. The Morgan fingerprint density at radius 1 is 1.09 bits per heavy atom. The molecular weight excluding hydrogens is 278 g/mol. The summed E-state index contributed by atoms with van der Waals surface area (Å²) in [5.74, 6) is -1.95. The summed E-state index contributed by atoms with van der Waals surface area (Å²) in [7, 11) is 0. The van der Waals surface area contributed by atoms with Crippen molar-refractivity contribution in [2.45, 2.75) is 52.4 Å². The van der Waals surface area contributed by atoms with Crippen molar-refractivity contribution < 1.29 is 14.7 Å². The van der Waals surface area contributed by atoms with Gasteiger partial charge in [0.15, 0.2) is 0 Å². The number of para-hydroxylation sites is 1. The molecule has 0 radical (unpaired) electrons. The van der Waals surface area contributed by atoms with Crippen molar-refractivity contribution in [2.75, 3.05) is 5.32 Å². The van der Waals surface area contributed by atoms with Gasteiger partial charge in [0.1, 0.15) is 0 Å². The molecule has 1 fully saturated rings. The van der Waals surface area contributed by atoms with Gasteiger partial charge in [0.2, 0.25) is 5.91 Å². The van der Waals surface area contributed by atoms with Crippen molar-refractivity contribution in [3.63, 3.8) is 0 Å². The van der Waals surface area contributed by atoms with Crippen molar-refractivity contribution in [2.24, 2.45) is 11.8 Å². The lowest BCUT2D eigenvalue weighted by Gasteiger charge is -2.28. The van der Waals surface area contributed by atoms with E-state index in [0.717, 1.165) is 42.5 Å². The normalized spacial score (nSPS) is 21.4. The van der Waals surface area contributed by atoms with Gasteiger partial charge in [0.05, 0.1) is 11.8 Å². The van der Waals surface area contributed by atoms with E-state index in [2.05, 4.69) is 19.2 Å². The predicted octanol–water partition coefficient (Wildman–Crippen LogP) is 3.64. The van der Waals surface area contributed by atoms with E-state index in [4.69, 9.17) is 0 Å². The molecule has 1 aromatic carbocycles. The first-order valence-corrected chi connectivity index (χ1v) is 8.22. The van der Waals surface area contributed by atoms with Crippen LogP contribution >= 0.6 is 0 Å². The maximum absolute atomic E-state index is 12.6. The van der Waals surface area contributed by atoms with Crippen molar-refractivity contribution >= 4 is 17.6 Å². The molecule has 0 bridgehead atoms. The van der Waals surface area contributed by atoms with Crippen LogP contribution in [0.15, 0.2) is 18.2 Å². The molecular formula is C18H25NO3. The zero-order valence-electron chi connectivity index (χ0n) is 13.4. The third-order valence-corrected chi connectivity index (χ3v) is 4.67. The third-order valence-electron chi connectivity index (χ3n) is 4.67. The number of carbonyl (C=O) groups excluding carboxylic acids is 1. The van der Waals surface area contributed by atoms with Crippen LogP contribution in [0.3, 0.4) is 0 Å². The first-order valence-electron chi connectivity index (χ1n) is 8.22. The highest BCUT2D eigenvalue weighted by Gasteiger charge is 2.35. The van der Waals surface area contributed by atoms with E-state index in [1.54, 1.807) is 0 Å². The number of benzene rings is 1. The van der Waals surface area contributed by atoms with Gasteiger partial charge in [0.25, 0.3) is 0 Å². The fraction of sp³-hybridized carbons (Fsp3) is 0.556. The molecule has 0 aliphatic heterocycles. The van der Waals surface area contributed by atoms with Crippen LogP contribution in [0, 0.1) is 11.8 Å². The zero-order chi connectivity index (χ0) is 16.1. The van der Waals surface area contributed by atoms with Crippen LogP contribution in [0.5, 0.6) is 0 Å². The van der Waals surface area contributed by atoms with Crippen LogP contribution < -0.4 is 5.32 Å². The minimum absolute atomic E-state index is 0.136. The molecule has 0 spiro atoms. The number of rotatable bonds is 5. The molecule has 2 atom stereocenters. The van der Waals surface area contributed by atoms with Crippen LogP contribution in [0.2, 0.25) is 0 Å². The highest BCUT2D eigenvalue weighted by Crippen LogP contribution is 2.32. The Labute approximate surface area is 131 Å². The molecule has 2 unspecified atom stereocenters. The number of nitrogens with one attached hydrogen (secondary N) is 1. The van der Waals surface area contributed by atoms with Crippen LogP contribution in [0.1, 0.15) is 50.7 Å². The van der Waals surface area contributed by atoms with E-state index in [9.17, 15) is 14.7 Å². The molecule has 1 saturated carbocycles. The van der Waals surface area contributed by atoms with Gasteiger partial charge in [0, 0.05) is 5.69 Å². The molecule has 1 aromatic rings. The molecule has 1 aliphatic rings. The number of anilines is 1. The first-order chi connectivity index (χ1) is 10.6. The highest BCUT2D eigenvalue weighted by atomic mass is 16.4. The maximum atomic E-state index is 12.6. The first kappa shape index (κ1) is 16.5. The Kier molecular flexibility index (Phi) is 5.58. The lowest BCUT2D eigenvalue weighted by atomic mass is 9.78. The lowest BCUT2D eigenvalue weighted by molar-refractivity contribution is -0.147. The highest BCUT2D eigenvalue weighted by molar-refractivity contribution is 5.96. The molecule has 0 saturated heterocycles. The summed E-state index contributed by atoms with van der Waals surface area (Å²) >= 11 is 0. The molecule has 2 N–H and O–H groups in total. The fourth-order valence-corrected chi connectivity index (χ4v) is 3.36. The second-order valence-electron chi connectivity index (χ2n) is 5.98. The Hall–Kier alpha value is -1.84. The van der Waals surface area contributed by atoms with Crippen LogP contribution in [-0.2, 0) is 22.4 Å². The summed E-state index contributed by atoms with van der Waals surface area (Å²) < 4.78 is 0. The number of hydrogen-bond donors (Lipinski definition) is 2. The molecule has 0 aromatic heterocycles. The van der Waals surface area contributed by atoms with Crippen LogP contribution in [0.4, 0.5) is 5.69 Å². The van der Waals surface area contributed by atoms with Gasteiger partial charge in [-0.1, -0.05) is 44.9 Å². The second-order valence-corrected chi connectivity index (χ2v) is 5.98. The number of aryl methyl sites for hydroxylation is 2. The summed E-state index contributed by atoms with van der Waals surface area (Å²) in [6, 6.07) is 6.04. The van der Waals surface area contributed by atoms with E-state index >= 15 is 0 Å². The largest absolute Gasteiger partial charge is 0.481 e. The summed E-state index contributed by atoms with van der Waals surface area (Å²) in [5, 5.41) is 12.4. The molecule has 1 aliphatic carbocycles. The second kappa shape index (κ2) is 7.43. The van der Waals surface area contributed by atoms with E-state index in [0.29, 0.717) is 12.8 Å². The monoisotopic (exact) mass is 303 g/mol. The topological polar surface area (TPSA) is 66.4 Å². The predicted molar refractivity (Wildman–Crippen MR) is 86.9 cm³/mol. The van der Waals surface area contributed by atoms with Gasteiger partial charge >= 0.3 is 5.97 Å². The standard InChI is InChI=1S/C18H25NO3/c1-3-12-8-7-9-13(4-2)16(12)19-17(20)14-10-5-6-11-15(14)18(21)22/h7-9,14-15H,3-6,10-11H2,1-2H3,(H,19,20)(H,21,22). The number of carboxylic acid groups (broad SMARTS) is 1. The number of hydrogen-bond acceptors (Lipinski definition) is 2. The minimum atomic E-state index is -0.848. The Morgan fingerprint density at radius 3 is 2.14 bits per heavy atom. The molecule has 2 rings (SSSR count). The average molecular weight is 303 g/mol. The van der Waals surface area contributed by atoms with Gasteiger partial charge in [-0.2, -0.15) is 0 Å².